The highest BCUT2D eigenvalue weighted by molar-refractivity contribution is 9.10. The lowest BCUT2D eigenvalue weighted by Gasteiger charge is -1.97. The Kier molecular flexibility index (Phi) is 3.37. The predicted octanol–water partition coefficient (Wildman–Crippen LogP) is 3.19. The molecule has 1 aromatic carbocycles. The molecule has 0 fully saturated rings. The lowest BCUT2D eigenvalue weighted by Crippen LogP contribution is -1.82. The molecule has 1 rings (SSSR count). The van der Waals surface area contributed by atoms with Gasteiger partial charge in [-0.15, -0.1) is 0 Å². The van der Waals surface area contributed by atoms with Gasteiger partial charge >= 0.3 is 0 Å². The summed E-state index contributed by atoms with van der Waals surface area (Å²) in [5.41, 5.74) is 0.789. The number of carbonyl (C=O) groups is 1. The number of allylic oxidation sites excluding steroid dienone is 1. The Morgan fingerprint density at radius 1 is 1.54 bits per heavy atom. The zero-order chi connectivity index (χ0) is 9.84. The van der Waals surface area contributed by atoms with Crippen molar-refractivity contribution in [2.24, 2.45) is 0 Å². The lowest BCUT2D eigenvalue weighted by molar-refractivity contribution is -0.112. The Hall–Kier alpha value is -0.960. The largest absolute Gasteiger partial charge is 0.295 e. The van der Waals surface area contributed by atoms with Crippen LogP contribution in [0.15, 0.2) is 28.7 Å². The van der Waals surface area contributed by atoms with Crippen LogP contribution in [0.3, 0.4) is 0 Å². The van der Waals surface area contributed by atoms with E-state index < -0.39 is 0 Å². The molecule has 68 valence electrons. The molecule has 0 atom stereocenters. The van der Waals surface area contributed by atoms with Gasteiger partial charge in [-0.2, -0.15) is 0 Å². The summed E-state index contributed by atoms with van der Waals surface area (Å²) in [7, 11) is 0. The van der Waals surface area contributed by atoms with E-state index in [-0.39, 0.29) is 11.6 Å². The van der Waals surface area contributed by atoms with E-state index in [1.54, 1.807) is 12.1 Å². The molecule has 0 heterocycles. The van der Waals surface area contributed by atoms with Crippen LogP contribution in [-0.4, -0.2) is 5.78 Å². The Morgan fingerprint density at radius 3 is 2.77 bits per heavy atom. The molecule has 0 N–H and O–H groups in total. The van der Waals surface area contributed by atoms with Gasteiger partial charge in [-0.3, -0.25) is 4.79 Å². The molecule has 0 amide bonds. The third kappa shape index (κ3) is 3.11. The van der Waals surface area contributed by atoms with Gasteiger partial charge < -0.3 is 0 Å². The van der Waals surface area contributed by atoms with Gasteiger partial charge in [-0.05, 0) is 30.7 Å². The van der Waals surface area contributed by atoms with Crippen LogP contribution in [-0.2, 0) is 4.79 Å². The maximum absolute atomic E-state index is 12.6. The van der Waals surface area contributed by atoms with Crippen molar-refractivity contribution in [3.63, 3.8) is 0 Å². The normalized spacial score (nSPS) is 10.7. The maximum Gasteiger partial charge on any atom is 0.152 e. The monoisotopic (exact) mass is 242 g/mol. The fourth-order valence-corrected chi connectivity index (χ4v) is 1.33. The molecule has 13 heavy (non-hydrogen) atoms. The predicted molar refractivity (Wildman–Crippen MR) is 53.8 cm³/mol. The summed E-state index contributed by atoms with van der Waals surface area (Å²) in [4.78, 5) is 10.6. The number of carbonyl (C=O) groups excluding carboxylic acids is 1. The topological polar surface area (TPSA) is 17.1 Å². The summed E-state index contributed by atoms with van der Waals surface area (Å²) in [6.45, 7) is 1.47. The smallest absolute Gasteiger partial charge is 0.152 e. The molecule has 0 aliphatic rings. The van der Waals surface area contributed by atoms with Crippen LogP contribution in [0.5, 0.6) is 0 Å². The molecule has 0 radical (unpaired) electrons. The molecule has 0 aliphatic carbocycles. The maximum atomic E-state index is 12.6. The highest BCUT2D eigenvalue weighted by atomic mass is 79.9. The third-order valence-corrected chi connectivity index (χ3v) is 2.15. The minimum absolute atomic E-state index is 0.0313. The highest BCUT2D eigenvalue weighted by Gasteiger charge is 1.97. The van der Waals surface area contributed by atoms with Crippen LogP contribution in [0, 0.1) is 5.82 Å². The minimum Gasteiger partial charge on any atom is -0.295 e. The zero-order valence-corrected chi connectivity index (χ0v) is 8.64. The molecular weight excluding hydrogens is 235 g/mol. The average Bonchev–Trinajstić information content (AvgIpc) is 2.02. The molecule has 0 saturated carbocycles. The first-order valence-corrected chi connectivity index (χ1v) is 4.52. The lowest BCUT2D eigenvalue weighted by atomic mass is 10.2. The second-order valence-electron chi connectivity index (χ2n) is 2.61. The van der Waals surface area contributed by atoms with Crippen molar-refractivity contribution in [1.29, 1.82) is 0 Å². The van der Waals surface area contributed by atoms with Crippen molar-refractivity contribution < 1.29 is 9.18 Å². The summed E-state index contributed by atoms with van der Waals surface area (Å²) in [5.74, 6) is -0.330. The van der Waals surface area contributed by atoms with E-state index >= 15 is 0 Å². The van der Waals surface area contributed by atoms with E-state index in [1.807, 2.05) is 0 Å². The van der Waals surface area contributed by atoms with Crippen LogP contribution in [0.4, 0.5) is 4.39 Å². The number of benzene rings is 1. The van der Waals surface area contributed by atoms with Crippen molar-refractivity contribution in [2.75, 3.05) is 0 Å². The molecule has 0 bridgehead atoms. The minimum atomic E-state index is -0.299. The second kappa shape index (κ2) is 4.33. The van der Waals surface area contributed by atoms with Crippen LogP contribution < -0.4 is 0 Å². The fraction of sp³-hybridized carbons (Fsp3) is 0.100. The van der Waals surface area contributed by atoms with Crippen LogP contribution in [0.2, 0.25) is 0 Å². The molecule has 3 heteroatoms. The number of halogens is 2. The van der Waals surface area contributed by atoms with Gasteiger partial charge in [0.1, 0.15) is 5.82 Å². The molecule has 0 spiro atoms. The first-order valence-electron chi connectivity index (χ1n) is 3.73. The van der Waals surface area contributed by atoms with Crippen molar-refractivity contribution in [1.82, 2.24) is 0 Å². The summed E-state index contributed by atoms with van der Waals surface area (Å²) >= 11 is 3.19. The quantitative estimate of drug-likeness (QED) is 0.729. The molecule has 0 aliphatic heterocycles. The summed E-state index contributed by atoms with van der Waals surface area (Å²) < 4.78 is 13.3. The Morgan fingerprint density at radius 2 is 2.23 bits per heavy atom. The summed E-state index contributed by atoms with van der Waals surface area (Å²) in [6, 6.07) is 4.32. The van der Waals surface area contributed by atoms with E-state index in [0.717, 1.165) is 5.56 Å². The van der Waals surface area contributed by atoms with Crippen LogP contribution >= 0.6 is 15.9 Å². The SMILES string of the molecule is CC(=O)C=Cc1ccc(F)cc1Br. The number of hydrogen-bond donors (Lipinski definition) is 0. The Labute approximate surface area is 84.4 Å². The molecule has 0 saturated heterocycles. The number of ketones is 1. The summed E-state index contributed by atoms with van der Waals surface area (Å²) in [6.07, 6.45) is 3.09. The van der Waals surface area contributed by atoms with Crippen LogP contribution in [0.1, 0.15) is 12.5 Å². The van der Waals surface area contributed by atoms with Crippen molar-refractivity contribution >= 4 is 27.8 Å². The van der Waals surface area contributed by atoms with Gasteiger partial charge in [-0.25, -0.2) is 4.39 Å². The van der Waals surface area contributed by atoms with E-state index in [2.05, 4.69) is 15.9 Å². The Bertz CT molecular complexity index is 358. The third-order valence-electron chi connectivity index (χ3n) is 1.46. The summed E-state index contributed by atoms with van der Waals surface area (Å²) in [5, 5.41) is 0. The molecule has 1 aromatic rings. The average molecular weight is 243 g/mol. The number of hydrogen-bond acceptors (Lipinski definition) is 1. The van der Waals surface area contributed by atoms with Gasteiger partial charge in [-0.1, -0.05) is 28.1 Å². The zero-order valence-electron chi connectivity index (χ0n) is 7.05. The molecule has 0 aromatic heterocycles. The van der Waals surface area contributed by atoms with Crippen LogP contribution in [0.25, 0.3) is 6.08 Å². The van der Waals surface area contributed by atoms with Crippen molar-refractivity contribution in [2.45, 2.75) is 6.92 Å². The van der Waals surface area contributed by atoms with Gasteiger partial charge in [0.05, 0.1) is 0 Å². The fourth-order valence-electron chi connectivity index (χ4n) is 0.844. The molecule has 1 nitrogen and oxygen atoms in total. The molecular formula is C10H8BrFO. The van der Waals surface area contributed by atoms with Crippen molar-refractivity contribution in [3.8, 4) is 0 Å². The van der Waals surface area contributed by atoms with E-state index in [4.69, 9.17) is 0 Å². The number of rotatable bonds is 2. The van der Waals surface area contributed by atoms with Gasteiger partial charge in [0, 0.05) is 4.47 Å². The first kappa shape index (κ1) is 10.1. The van der Waals surface area contributed by atoms with Gasteiger partial charge in [0.25, 0.3) is 0 Å². The first-order chi connectivity index (χ1) is 6.09. The highest BCUT2D eigenvalue weighted by Crippen LogP contribution is 2.19. The van der Waals surface area contributed by atoms with Crippen molar-refractivity contribution in [3.05, 3.63) is 40.1 Å². The van der Waals surface area contributed by atoms with E-state index in [1.165, 1.54) is 25.1 Å². The standard InChI is InChI=1S/C10H8BrFO/c1-7(13)2-3-8-4-5-9(12)6-10(8)11/h2-6H,1H3. The van der Waals surface area contributed by atoms with Gasteiger partial charge in [0.2, 0.25) is 0 Å². The Balaban J connectivity index is 2.96. The van der Waals surface area contributed by atoms with E-state index in [9.17, 15) is 9.18 Å². The molecule has 0 unspecified atom stereocenters. The van der Waals surface area contributed by atoms with E-state index in [0.29, 0.717) is 4.47 Å². The second-order valence-corrected chi connectivity index (χ2v) is 3.46. The van der Waals surface area contributed by atoms with Gasteiger partial charge in [0.15, 0.2) is 5.78 Å².